The van der Waals surface area contributed by atoms with Crippen LogP contribution in [0.25, 0.3) is 5.00 Å². The van der Waals surface area contributed by atoms with Crippen LogP contribution in [0.1, 0.15) is 47.1 Å². The molecule has 0 fully saturated rings. The monoisotopic (exact) mass is 614 g/mol. The summed E-state index contributed by atoms with van der Waals surface area (Å²) < 4.78 is 8.39. The molecule has 5 heterocycles. The summed E-state index contributed by atoms with van der Waals surface area (Å²) in [5.74, 6) is 2.31. The quantitative estimate of drug-likeness (QED) is 0.235. The number of rotatable bonds is 5. The zero-order valence-electron chi connectivity index (χ0n) is 21.1. The Bertz CT molecular complexity index is 1580. The van der Waals surface area contributed by atoms with Crippen molar-refractivity contribution in [2.45, 2.75) is 55.3 Å². The largest absolute Gasteiger partial charge is 0.370 e. The fraction of sp³-hybridized carbons (Fsp3) is 0.296. The van der Waals surface area contributed by atoms with Gasteiger partial charge in [-0.15, -0.1) is 21.5 Å². The number of benzene rings is 2. The van der Waals surface area contributed by atoms with Crippen LogP contribution in [0.15, 0.2) is 58.8 Å². The molecule has 0 saturated heterocycles. The van der Waals surface area contributed by atoms with Gasteiger partial charge in [-0.25, -0.2) is 4.57 Å². The Balaban J connectivity index is 1.26. The predicted octanol–water partition coefficient (Wildman–Crippen LogP) is 7.41. The standard InChI is InChI=1S/C27H24Cl2N6OS3/c1-27(2)11-19-20(12-36-27)39-23-21(19)22-30-32-25(37-13-15-3-7-17(28)8-4-15)34(22)24-31-33-26(35(23)24)38-14-16-5-9-18(29)10-6-16/h3-10,22,30H,11-14H2,1-2H3. The molecule has 1 atom stereocenters. The van der Waals surface area contributed by atoms with Gasteiger partial charge in [-0.05, 0) is 54.8 Å². The van der Waals surface area contributed by atoms with Crippen LogP contribution in [0.2, 0.25) is 10.0 Å². The minimum absolute atomic E-state index is 0.132. The first-order valence-corrected chi connectivity index (χ1v) is 16.0. The van der Waals surface area contributed by atoms with Crippen molar-refractivity contribution >= 4 is 69.2 Å². The number of nitrogens with zero attached hydrogens (tertiary/aromatic N) is 5. The molecule has 2 aromatic carbocycles. The molecular formula is C27H24Cl2N6OS3. The van der Waals surface area contributed by atoms with E-state index in [9.17, 15) is 0 Å². The van der Waals surface area contributed by atoms with Crippen molar-refractivity contribution < 1.29 is 4.74 Å². The van der Waals surface area contributed by atoms with E-state index in [4.69, 9.17) is 38.1 Å². The fourth-order valence-electron chi connectivity index (χ4n) is 4.99. The Morgan fingerprint density at radius 2 is 1.67 bits per heavy atom. The zero-order valence-corrected chi connectivity index (χ0v) is 25.1. The molecule has 0 spiro atoms. The van der Waals surface area contributed by atoms with Gasteiger partial charge in [0, 0.05) is 38.4 Å². The van der Waals surface area contributed by atoms with E-state index in [0.717, 1.165) is 49.2 Å². The normalized spacial score (nSPS) is 18.6. The van der Waals surface area contributed by atoms with Gasteiger partial charge in [-0.3, -0.25) is 10.3 Å². The predicted molar refractivity (Wildman–Crippen MR) is 161 cm³/mol. The minimum atomic E-state index is -0.224. The SMILES string of the molecule is CC1(C)Cc2c(sc3c2C2NN=C(SCc4ccc(Cl)cc4)N2c2nnc(SCc4ccc(Cl)cc4)n2-3)CO1. The Labute approximate surface area is 248 Å². The summed E-state index contributed by atoms with van der Waals surface area (Å²) >= 11 is 17.3. The summed E-state index contributed by atoms with van der Waals surface area (Å²) in [6, 6.07) is 15.9. The summed E-state index contributed by atoms with van der Waals surface area (Å²) in [5.41, 5.74) is 8.16. The van der Waals surface area contributed by atoms with Gasteiger partial charge in [0.2, 0.25) is 5.95 Å². The number of thioether (sulfide) groups is 2. The number of anilines is 1. The average molecular weight is 616 g/mol. The number of ether oxygens (including phenoxy) is 1. The molecule has 0 aliphatic carbocycles. The van der Waals surface area contributed by atoms with Gasteiger partial charge >= 0.3 is 0 Å². The number of hydrazone groups is 1. The molecule has 200 valence electrons. The van der Waals surface area contributed by atoms with Gasteiger partial charge in [0.15, 0.2) is 16.5 Å². The molecule has 0 bridgehead atoms. The van der Waals surface area contributed by atoms with Crippen LogP contribution in [0.5, 0.6) is 0 Å². The maximum absolute atomic E-state index is 6.19. The molecular weight excluding hydrogens is 591 g/mol. The van der Waals surface area contributed by atoms with E-state index in [0.29, 0.717) is 6.61 Å². The van der Waals surface area contributed by atoms with Crippen LogP contribution in [0.3, 0.4) is 0 Å². The van der Waals surface area contributed by atoms with E-state index in [1.54, 1.807) is 34.9 Å². The molecule has 0 amide bonds. The first-order chi connectivity index (χ1) is 18.9. The van der Waals surface area contributed by atoms with Crippen LogP contribution >= 0.6 is 58.1 Å². The topological polar surface area (TPSA) is 67.6 Å². The van der Waals surface area contributed by atoms with Gasteiger partial charge < -0.3 is 4.74 Å². The maximum Gasteiger partial charge on any atom is 0.241 e. The highest BCUT2D eigenvalue weighted by Gasteiger charge is 2.45. The maximum atomic E-state index is 6.19. The van der Waals surface area contributed by atoms with Crippen LogP contribution in [-0.4, -0.2) is 25.5 Å². The van der Waals surface area contributed by atoms with E-state index in [1.165, 1.54) is 27.1 Å². The second kappa shape index (κ2) is 10.0. The van der Waals surface area contributed by atoms with Crippen LogP contribution < -0.4 is 10.3 Å². The van der Waals surface area contributed by atoms with Crippen molar-refractivity contribution in [3.63, 3.8) is 0 Å². The highest BCUT2D eigenvalue weighted by atomic mass is 35.5. The third kappa shape index (κ3) is 4.75. The van der Waals surface area contributed by atoms with Crippen molar-refractivity contribution in [2.24, 2.45) is 5.10 Å². The van der Waals surface area contributed by atoms with E-state index < -0.39 is 0 Å². The molecule has 4 aromatic rings. The Morgan fingerprint density at radius 3 is 2.36 bits per heavy atom. The van der Waals surface area contributed by atoms with Crippen molar-refractivity contribution in [2.75, 3.05) is 4.90 Å². The number of fused-ring (bicyclic) bond motifs is 8. The lowest BCUT2D eigenvalue weighted by Gasteiger charge is -2.34. The first kappa shape index (κ1) is 25.7. The van der Waals surface area contributed by atoms with E-state index >= 15 is 0 Å². The van der Waals surface area contributed by atoms with E-state index in [1.807, 2.05) is 24.3 Å². The molecule has 39 heavy (non-hydrogen) atoms. The molecule has 7 rings (SSSR count). The average Bonchev–Trinajstić information content (AvgIpc) is 3.62. The van der Waals surface area contributed by atoms with Crippen LogP contribution in [0, 0.1) is 0 Å². The fourth-order valence-corrected chi connectivity index (χ4v) is 8.38. The first-order valence-electron chi connectivity index (χ1n) is 12.5. The Morgan fingerprint density at radius 1 is 1.00 bits per heavy atom. The second-order valence-corrected chi connectivity index (χ2v) is 14.0. The number of halogens is 2. The molecule has 1 unspecified atom stereocenters. The lowest BCUT2D eigenvalue weighted by Crippen LogP contribution is -2.39. The van der Waals surface area contributed by atoms with E-state index in [2.05, 4.69) is 58.1 Å². The number of thiophene rings is 1. The van der Waals surface area contributed by atoms with Gasteiger partial charge in [0.25, 0.3) is 0 Å². The molecule has 7 nitrogen and oxygen atoms in total. The third-order valence-corrected chi connectivity index (χ3v) is 10.7. The number of hydrogen-bond donors (Lipinski definition) is 1. The molecule has 0 radical (unpaired) electrons. The highest BCUT2D eigenvalue weighted by Crippen LogP contribution is 2.50. The van der Waals surface area contributed by atoms with Gasteiger partial charge in [0.05, 0.1) is 12.2 Å². The smallest absolute Gasteiger partial charge is 0.241 e. The number of hydrogen-bond acceptors (Lipinski definition) is 9. The lowest BCUT2D eigenvalue weighted by molar-refractivity contribution is -0.0385. The summed E-state index contributed by atoms with van der Waals surface area (Å²) in [4.78, 5) is 3.45. The lowest BCUT2D eigenvalue weighted by atomic mass is 9.91. The van der Waals surface area contributed by atoms with Gasteiger partial charge in [-0.1, -0.05) is 71.0 Å². The molecule has 2 aromatic heterocycles. The molecule has 12 heteroatoms. The minimum Gasteiger partial charge on any atom is -0.370 e. The van der Waals surface area contributed by atoms with Crippen molar-refractivity contribution in [1.82, 2.24) is 20.2 Å². The highest BCUT2D eigenvalue weighted by molar-refractivity contribution is 8.13. The van der Waals surface area contributed by atoms with Crippen LogP contribution in [0.4, 0.5) is 5.95 Å². The third-order valence-electron chi connectivity index (χ3n) is 6.93. The summed E-state index contributed by atoms with van der Waals surface area (Å²) in [7, 11) is 0. The van der Waals surface area contributed by atoms with Crippen molar-refractivity contribution in [1.29, 1.82) is 0 Å². The van der Waals surface area contributed by atoms with Crippen molar-refractivity contribution in [3.8, 4) is 5.00 Å². The molecule has 0 saturated carbocycles. The number of amidine groups is 1. The summed E-state index contributed by atoms with van der Waals surface area (Å²) in [5, 5.41) is 18.5. The molecule has 3 aliphatic rings. The molecule has 3 aliphatic heterocycles. The Kier molecular flexibility index (Phi) is 6.60. The number of nitrogens with one attached hydrogen (secondary N) is 1. The van der Waals surface area contributed by atoms with Crippen LogP contribution in [-0.2, 0) is 29.3 Å². The molecule has 1 N–H and O–H groups in total. The van der Waals surface area contributed by atoms with Gasteiger partial charge in [-0.2, -0.15) is 5.10 Å². The van der Waals surface area contributed by atoms with Gasteiger partial charge in [0.1, 0.15) is 5.00 Å². The number of aromatic nitrogens is 3. The zero-order chi connectivity index (χ0) is 26.7. The summed E-state index contributed by atoms with van der Waals surface area (Å²) in [6.07, 6.45) is 0.713. The Hall–Kier alpha value is -2.21. The van der Waals surface area contributed by atoms with Crippen molar-refractivity contribution in [3.05, 3.63) is 85.7 Å². The second-order valence-electron chi connectivity index (χ2n) is 10.2. The summed E-state index contributed by atoms with van der Waals surface area (Å²) in [6.45, 7) is 4.92. The van der Waals surface area contributed by atoms with E-state index in [-0.39, 0.29) is 11.8 Å².